The molecule has 104 valence electrons. The number of hydrogen-bond acceptors (Lipinski definition) is 3. The molecule has 1 heterocycles. The maximum atomic E-state index is 11.9. The van der Waals surface area contributed by atoms with Gasteiger partial charge in [-0.1, -0.05) is 0 Å². The second kappa shape index (κ2) is 7.16. The van der Waals surface area contributed by atoms with E-state index in [0.717, 1.165) is 0 Å². The van der Waals surface area contributed by atoms with Crippen LogP contribution in [-0.4, -0.2) is 34.5 Å². The number of halogens is 3. The highest BCUT2D eigenvalue weighted by atomic mass is 79.9. The van der Waals surface area contributed by atoms with Crippen molar-refractivity contribution in [1.29, 1.82) is 0 Å². The largest absolute Gasteiger partial charge is 0.387 e. The van der Waals surface area contributed by atoms with Gasteiger partial charge in [0.05, 0.1) is 22.5 Å². The number of rotatable bonds is 7. The number of aliphatic hydroxyl groups excluding tert-OH is 1. The van der Waals surface area contributed by atoms with Gasteiger partial charge in [-0.15, -0.1) is 0 Å². The molecule has 0 aromatic carbocycles. The Hall–Kier alpha value is -0.530. The fourth-order valence-electron chi connectivity index (χ4n) is 1.58. The van der Waals surface area contributed by atoms with Crippen LogP contribution in [0.2, 0.25) is 0 Å². The Morgan fingerprint density at radius 1 is 1.50 bits per heavy atom. The molecule has 1 atom stereocenters. The quantitative estimate of drug-likeness (QED) is 0.784. The number of alkyl halides is 2. The van der Waals surface area contributed by atoms with Gasteiger partial charge in [-0.2, -0.15) is 5.10 Å². The molecule has 0 bridgehead atoms. The summed E-state index contributed by atoms with van der Waals surface area (Å²) in [6.45, 7) is 3.38. The monoisotopic (exact) mass is 326 g/mol. The van der Waals surface area contributed by atoms with E-state index in [1.165, 1.54) is 0 Å². The number of nitrogens with zero attached hydrogens (tertiary/aromatic N) is 2. The lowest BCUT2D eigenvalue weighted by Crippen LogP contribution is -2.14. The smallest absolute Gasteiger partial charge is 0.261 e. The molecule has 4 nitrogen and oxygen atoms in total. The highest BCUT2D eigenvalue weighted by Gasteiger charge is 2.19. The van der Waals surface area contributed by atoms with Gasteiger partial charge in [0.25, 0.3) is 6.43 Å². The van der Waals surface area contributed by atoms with Crippen LogP contribution in [0.25, 0.3) is 0 Å². The van der Waals surface area contributed by atoms with Crippen LogP contribution in [0.15, 0.2) is 10.7 Å². The van der Waals surface area contributed by atoms with Crippen molar-refractivity contribution in [2.45, 2.75) is 38.8 Å². The Labute approximate surface area is 113 Å². The predicted molar refractivity (Wildman–Crippen MR) is 66.7 cm³/mol. The van der Waals surface area contributed by atoms with Gasteiger partial charge >= 0.3 is 0 Å². The molecule has 0 aliphatic carbocycles. The minimum absolute atomic E-state index is 0.0845. The van der Waals surface area contributed by atoms with Crippen molar-refractivity contribution in [3.8, 4) is 0 Å². The van der Waals surface area contributed by atoms with E-state index in [4.69, 9.17) is 4.74 Å². The maximum absolute atomic E-state index is 11.9. The third-order valence-corrected chi connectivity index (χ3v) is 2.98. The fraction of sp³-hybridized carbons (Fsp3) is 0.727. The lowest BCUT2D eigenvalue weighted by atomic mass is 10.2. The van der Waals surface area contributed by atoms with E-state index in [2.05, 4.69) is 21.0 Å². The SMILES string of the molecule is CC(C)n1ncc(Br)c1C(O)CCOCC(F)F. The Balaban J connectivity index is 2.55. The van der Waals surface area contributed by atoms with Gasteiger partial charge in [-0.3, -0.25) is 4.68 Å². The molecule has 0 amide bonds. The summed E-state index contributed by atoms with van der Waals surface area (Å²) < 4.78 is 30.9. The summed E-state index contributed by atoms with van der Waals surface area (Å²) in [6, 6.07) is 0.114. The second-order valence-corrected chi connectivity index (χ2v) is 5.04. The number of aliphatic hydroxyl groups is 1. The van der Waals surface area contributed by atoms with Gasteiger partial charge in [0.1, 0.15) is 6.61 Å². The van der Waals surface area contributed by atoms with Crippen molar-refractivity contribution < 1.29 is 18.6 Å². The standard InChI is InChI=1S/C11H17BrF2N2O2/c1-7(2)16-11(8(12)5-15-16)9(17)3-4-18-6-10(13)14/h5,7,9-10,17H,3-4,6H2,1-2H3. The molecular weight excluding hydrogens is 310 g/mol. The Kier molecular flexibility index (Phi) is 6.17. The Bertz CT molecular complexity index is 372. The lowest BCUT2D eigenvalue weighted by molar-refractivity contribution is 0.00376. The third kappa shape index (κ3) is 4.29. The summed E-state index contributed by atoms with van der Waals surface area (Å²) in [6.07, 6.45) is -1.40. The van der Waals surface area contributed by atoms with E-state index in [-0.39, 0.29) is 19.1 Å². The van der Waals surface area contributed by atoms with E-state index in [1.807, 2.05) is 13.8 Å². The van der Waals surface area contributed by atoms with E-state index in [9.17, 15) is 13.9 Å². The first-order valence-electron chi connectivity index (χ1n) is 5.70. The van der Waals surface area contributed by atoms with Crippen LogP contribution in [0, 0.1) is 0 Å². The van der Waals surface area contributed by atoms with Crippen LogP contribution >= 0.6 is 15.9 Å². The molecule has 1 N–H and O–H groups in total. The normalized spacial score (nSPS) is 13.6. The Morgan fingerprint density at radius 3 is 2.72 bits per heavy atom. The van der Waals surface area contributed by atoms with Crippen LogP contribution in [0.3, 0.4) is 0 Å². The molecule has 1 aromatic rings. The molecule has 0 saturated carbocycles. The van der Waals surface area contributed by atoms with Crippen LogP contribution in [-0.2, 0) is 4.74 Å². The van der Waals surface area contributed by atoms with Gasteiger partial charge in [-0.25, -0.2) is 8.78 Å². The Morgan fingerprint density at radius 2 is 2.17 bits per heavy atom. The van der Waals surface area contributed by atoms with Crippen molar-refractivity contribution >= 4 is 15.9 Å². The van der Waals surface area contributed by atoms with Crippen molar-refractivity contribution in [2.24, 2.45) is 0 Å². The molecule has 0 aliphatic heterocycles. The number of aromatic nitrogens is 2. The zero-order chi connectivity index (χ0) is 13.7. The zero-order valence-electron chi connectivity index (χ0n) is 10.3. The van der Waals surface area contributed by atoms with E-state index in [0.29, 0.717) is 10.2 Å². The van der Waals surface area contributed by atoms with E-state index < -0.39 is 19.1 Å². The molecule has 1 aromatic heterocycles. The van der Waals surface area contributed by atoms with E-state index >= 15 is 0 Å². The van der Waals surface area contributed by atoms with Crippen LogP contribution in [0.1, 0.15) is 38.1 Å². The molecule has 0 aliphatic rings. The summed E-state index contributed by atoms with van der Waals surface area (Å²) in [5.41, 5.74) is 0.644. The highest BCUT2D eigenvalue weighted by molar-refractivity contribution is 9.10. The number of hydrogen-bond donors (Lipinski definition) is 1. The summed E-state index contributed by atoms with van der Waals surface area (Å²) in [5, 5.41) is 14.2. The predicted octanol–water partition coefficient (Wildman–Crippen LogP) is 2.93. The lowest BCUT2D eigenvalue weighted by Gasteiger charge is -2.16. The van der Waals surface area contributed by atoms with Crippen LogP contribution in [0.5, 0.6) is 0 Å². The maximum Gasteiger partial charge on any atom is 0.261 e. The first kappa shape index (κ1) is 15.5. The van der Waals surface area contributed by atoms with Gasteiger partial charge < -0.3 is 9.84 Å². The second-order valence-electron chi connectivity index (χ2n) is 4.19. The minimum Gasteiger partial charge on any atom is -0.387 e. The molecule has 1 rings (SSSR count). The molecule has 18 heavy (non-hydrogen) atoms. The number of ether oxygens (including phenoxy) is 1. The minimum atomic E-state index is -2.48. The summed E-state index contributed by atoms with van der Waals surface area (Å²) in [4.78, 5) is 0. The topological polar surface area (TPSA) is 47.3 Å². The molecule has 1 unspecified atom stereocenters. The molecule has 0 saturated heterocycles. The van der Waals surface area contributed by atoms with Gasteiger partial charge in [-0.05, 0) is 29.8 Å². The fourth-order valence-corrected chi connectivity index (χ4v) is 2.12. The van der Waals surface area contributed by atoms with Crippen molar-refractivity contribution in [1.82, 2.24) is 9.78 Å². The summed E-state index contributed by atoms with van der Waals surface area (Å²) in [5.74, 6) is 0. The van der Waals surface area contributed by atoms with Crippen molar-refractivity contribution in [3.63, 3.8) is 0 Å². The van der Waals surface area contributed by atoms with Crippen molar-refractivity contribution in [2.75, 3.05) is 13.2 Å². The van der Waals surface area contributed by atoms with Crippen LogP contribution in [0.4, 0.5) is 8.78 Å². The van der Waals surface area contributed by atoms with Crippen LogP contribution < -0.4 is 0 Å². The third-order valence-electron chi connectivity index (χ3n) is 2.37. The molecule has 0 spiro atoms. The zero-order valence-corrected chi connectivity index (χ0v) is 11.9. The van der Waals surface area contributed by atoms with Gasteiger partial charge in [0.2, 0.25) is 0 Å². The first-order chi connectivity index (χ1) is 8.43. The molecular formula is C11H17BrF2N2O2. The molecule has 7 heteroatoms. The molecule has 0 fully saturated rings. The summed E-state index contributed by atoms with van der Waals surface area (Å²) >= 11 is 3.31. The van der Waals surface area contributed by atoms with Gasteiger partial charge in [0, 0.05) is 19.1 Å². The van der Waals surface area contributed by atoms with Crippen molar-refractivity contribution in [3.05, 3.63) is 16.4 Å². The first-order valence-corrected chi connectivity index (χ1v) is 6.49. The molecule has 0 radical (unpaired) electrons. The van der Waals surface area contributed by atoms with Gasteiger partial charge in [0.15, 0.2) is 0 Å². The average Bonchev–Trinajstić information content (AvgIpc) is 2.66. The average molecular weight is 327 g/mol. The van der Waals surface area contributed by atoms with E-state index in [1.54, 1.807) is 10.9 Å². The highest BCUT2D eigenvalue weighted by Crippen LogP contribution is 2.27. The summed E-state index contributed by atoms with van der Waals surface area (Å²) in [7, 11) is 0.